The maximum atomic E-state index is 12.4. The fourth-order valence-corrected chi connectivity index (χ4v) is 4.38. The fourth-order valence-electron chi connectivity index (χ4n) is 4.38. The molecular formula is C25H29N3O3. The summed E-state index contributed by atoms with van der Waals surface area (Å²) in [5.74, 6) is 1.37. The summed E-state index contributed by atoms with van der Waals surface area (Å²) in [4.78, 5) is 27.8. The van der Waals surface area contributed by atoms with Crippen LogP contribution < -0.4 is 10.2 Å². The van der Waals surface area contributed by atoms with E-state index in [1.807, 2.05) is 4.90 Å². The summed E-state index contributed by atoms with van der Waals surface area (Å²) >= 11 is 0. The molecule has 31 heavy (non-hydrogen) atoms. The van der Waals surface area contributed by atoms with Crippen molar-refractivity contribution in [3.8, 4) is 0 Å². The number of cyclic esters (lactones) is 1. The van der Waals surface area contributed by atoms with Gasteiger partial charge in [-0.2, -0.15) is 0 Å². The molecule has 2 saturated heterocycles. The van der Waals surface area contributed by atoms with E-state index in [1.54, 1.807) is 0 Å². The van der Waals surface area contributed by atoms with Crippen LogP contribution in [0.2, 0.25) is 0 Å². The molecule has 2 aromatic rings. The maximum absolute atomic E-state index is 12.4. The predicted octanol–water partition coefficient (Wildman–Crippen LogP) is 4.05. The number of rotatable bonds is 8. The van der Waals surface area contributed by atoms with Gasteiger partial charge in [0, 0.05) is 43.3 Å². The van der Waals surface area contributed by atoms with Gasteiger partial charge < -0.3 is 19.9 Å². The third-order valence-corrected chi connectivity index (χ3v) is 6.56. The van der Waals surface area contributed by atoms with Gasteiger partial charge in [0.05, 0.1) is 6.04 Å². The van der Waals surface area contributed by atoms with Crippen LogP contribution in [-0.4, -0.2) is 49.2 Å². The van der Waals surface area contributed by atoms with Crippen molar-refractivity contribution in [1.29, 1.82) is 0 Å². The van der Waals surface area contributed by atoms with Gasteiger partial charge in [0.15, 0.2) is 0 Å². The Hall–Kier alpha value is -3.02. The van der Waals surface area contributed by atoms with E-state index in [4.69, 9.17) is 4.74 Å². The van der Waals surface area contributed by atoms with Gasteiger partial charge in [0.2, 0.25) is 5.91 Å². The zero-order valence-electron chi connectivity index (χ0n) is 17.7. The van der Waals surface area contributed by atoms with Crippen LogP contribution >= 0.6 is 0 Å². The monoisotopic (exact) mass is 419 g/mol. The van der Waals surface area contributed by atoms with Crippen LogP contribution in [0.4, 0.5) is 16.2 Å². The van der Waals surface area contributed by atoms with Crippen molar-refractivity contribution in [3.63, 3.8) is 0 Å². The second-order valence-electron chi connectivity index (χ2n) is 8.96. The molecule has 1 aliphatic carbocycles. The number of ether oxygens (including phenoxy) is 1. The molecule has 162 valence electrons. The molecule has 5 rings (SSSR count). The van der Waals surface area contributed by atoms with Crippen LogP contribution in [0.5, 0.6) is 0 Å². The molecule has 0 spiro atoms. The van der Waals surface area contributed by atoms with Crippen molar-refractivity contribution in [2.75, 3.05) is 31.1 Å². The molecule has 3 aliphatic rings. The van der Waals surface area contributed by atoms with Crippen molar-refractivity contribution in [3.05, 3.63) is 60.2 Å². The maximum Gasteiger partial charge on any atom is 0.407 e. The number of nitrogens with zero attached hydrogens (tertiary/aromatic N) is 2. The Morgan fingerprint density at radius 1 is 1.03 bits per heavy atom. The zero-order chi connectivity index (χ0) is 21.2. The predicted molar refractivity (Wildman–Crippen MR) is 119 cm³/mol. The highest BCUT2D eigenvalue weighted by molar-refractivity contribution is 5.77. The van der Waals surface area contributed by atoms with E-state index in [1.165, 1.54) is 29.8 Å². The van der Waals surface area contributed by atoms with Gasteiger partial charge in [-0.15, -0.1) is 0 Å². The average Bonchev–Trinajstić information content (AvgIpc) is 3.49. The first-order valence-corrected chi connectivity index (χ1v) is 11.3. The Balaban J connectivity index is 1.15. The highest BCUT2D eigenvalue weighted by atomic mass is 16.6. The molecule has 1 atom stereocenters. The van der Waals surface area contributed by atoms with E-state index in [9.17, 15) is 9.59 Å². The number of likely N-dealkylation sites (tertiary alicyclic amines) is 1. The standard InChI is InChI=1S/C25H29N3O3/c29-24(13-10-21-17-31-25(30)26-21)27-15-20(16-27)19-8-11-23(12-9-19)28(14-18-6-7-18)22-4-2-1-3-5-22/h1-5,8-9,11-12,18,20-21H,6-7,10,13-17H2,(H,26,30)/t21-/m1/s1. The van der Waals surface area contributed by atoms with Gasteiger partial charge in [0.1, 0.15) is 6.61 Å². The second kappa shape index (κ2) is 8.61. The largest absolute Gasteiger partial charge is 0.447 e. The molecule has 3 fully saturated rings. The molecule has 2 aromatic carbocycles. The van der Waals surface area contributed by atoms with Crippen LogP contribution in [-0.2, 0) is 9.53 Å². The van der Waals surface area contributed by atoms with Gasteiger partial charge in [-0.25, -0.2) is 4.79 Å². The van der Waals surface area contributed by atoms with Crippen LogP contribution in [0.3, 0.4) is 0 Å². The van der Waals surface area contributed by atoms with E-state index in [0.29, 0.717) is 25.4 Å². The van der Waals surface area contributed by atoms with Crippen molar-refractivity contribution < 1.29 is 14.3 Å². The lowest BCUT2D eigenvalue weighted by atomic mass is 9.90. The first-order chi connectivity index (χ1) is 15.2. The zero-order valence-corrected chi connectivity index (χ0v) is 17.7. The molecule has 0 bridgehead atoms. The molecule has 6 heteroatoms. The molecule has 2 heterocycles. The summed E-state index contributed by atoms with van der Waals surface area (Å²) in [6.07, 6.45) is 3.36. The number of amides is 2. The van der Waals surface area contributed by atoms with Gasteiger partial charge in [-0.1, -0.05) is 30.3 Å². The number of carbonyl (C=O) groups is 2. The molecule has 0 radical (unpaired) electrons. The van der Waals surface area contributed by atoms with Crippen molar-refractivity contribution in [1.82, 2.24) is 10.2 Å². The van der Waals surface area contributed by atoms with Gasteiger partial charge in [-0.05, 0) is 55.0 Å². The van der Waals surface area contributed by atoms with Crippen molar-refractivity contribution in [2.45, 2.75) is 37.6 Å². The number of carbonyl (C=O) groups excluding carboxylic acids is 2. The molecule has 6 nitrogen and oxygen atoms in total. The Kier molecular flexibility index (Phi) is 5.53. The molecule has 2 aliphatic heterocycles. The number of alkyl carbamates (subject to hydrolysis) is 1. The van der Waals surface area contributed by atoms with E-state index in [2.05, 4.69) is 64.8 Å². The molecule has 0 unspecified atom stereocenters. The lowest BCUT2D eigenvalue weighted by Crippen LogP contribution is -2.48. The summed E-state index contributed by atoms with van der Waals surface area (Å²) in [5, 5.41) is 2.72. The number of hydrogen-bond donors (Lipinski definition) is 1. The van der Waals surface area contributed by atoms with Crippen LogP contribution in [0.25, 0.3) is 0 Å². The number of anilines is 2. The topological polar surface area (TPSA) is 61.9 Å². The summed E-state index contributed by atoms with van der Waals surface area (Å²) in [6.45, 7) is 2.98. The molecule has 2 amide bonds. The number of hydrogen-bond acceptors (Lipinski definition) is 4. The van der Waals surface area contributed by atoms with Crippen molar-refractivity contribution in [2.24, 2.45) is 5.92 Å². The third kappa shape index (κ3) is 4.68. The first-order valence-electron chi connectivity index (χ1n) is 11.3. The Bertz CT molecular complexity index is 921. The second-order valence-corrected chi connectivity index (χ2v) is 8.96. The van der Waals surface area contributed by atoms with E-state index < -0.39 is 0 Å². The van der Waals surface area contributed by atoms with Crippen LogP contribution in [0.1, 0.15) is 37.2 Å². The Morgan fingerprint density at radius 3 is 2.39 bits per heavy atom. The molecule has 0 aromatic heterocycles. The lowest BCUT2D eigenvalue weighted by Gasteiger charge is -2.40. The minimum Gasteiger partial charge on any atom is -0.447 e. The summed E-state index contributed by atoms with van der Waals surface area (Å²) in [7, 11) is 0. The highest BCUT2D eigenvalue weighted by Crippen LogP contribution is 2.36. The smallest absolute Gasteiger partial charge is 0.407 e. The fraction of sp³-hybridized carbons (Fsp3) is 0.440. The van der Waals surface area contributed by atoms with E-state index in [0.717, 1.165) is 25.6 Å². The minimum atomic E-state index is -0.382. The average molecular weight is 420 g/mol. The highest BCUT2D eigenvalue weighted by Gasteiger charge is 2.32. The quantitative estimate of drug-likeness (QED) is 0.701. The molecular weight excluding hydrogens is 390 g/mol. The molecule has 1 saturated carbocycles. The number of para-hydroxylation sites is 1. The van der Waals surface area contributed by atoms with Gasteiger partial charge in [0.25, 0.3) is 0 Å². The summed E-state index contributed by atoms with van der Waals surface area (Å²) in [6, 6.07) is 19.4. The first kappa shape index (κ1) is 19.9. The third-order valence-electron chi connectivity index (χ3n) is 6.56. The van der Waals surface area contributed by atoms with Gasteiger partial charge >= 0.3 is 6.09 Å². The summed E-state index contributed by atoms with van der Waals surface area (Å²) in [5.41, 5.74) is 3.77. The summed E-state index contributed by atoms with van der Waals surface area (Å²) < 4.78 is 4.87. The molecule has 1 N–H and O–H groups in total. The van der Waals surface area contributed by atoms with E-state index >= 15 is 0 Å². The Labute approximate surface area is 183 Å². The van der Waals surface area contributed by atoms with Crippen LogP contribution in [0.15, 0.2) is 54.6 Å². The van der Waals surface area contributed by atoms with Crippen LogP contribution in [0, 0.1) is 5.92 Å². The van der Waals surface area contributed by atoms with Gasteiger partial charge in [-0.3, -0.25) is 4.79 Å². The number of benzene rings is 2. The van der Waals surface area contributed by atoms with E-state index in [-0.39, 0.29) is 18.0 Å². The SMILES string of the molecule is O=C1N[C@H](CCC(=O)N2CC(c3ccc(N(CC4CC4)c4ccccc4)cc3)C2)CO1. The number of nitrogens with one attached hydrogen (secondary N) is 1. The minimum absolute atomic E-state index is 0.0377. The Morgan fingerprint density at radius 2 is 1.74 bits per heavy atom. The van der Waals surface area contributed by atoms with Crippen molar-refractivity contribution >= 4 is 23.4 Å². The normalized spacial score (nSPS) is 20.7. The lowest BCUT2D eigenvalue weighted by molar-refractivity contribution is -0.135.